The van der Waals surface area contributed by atoms with Crippen LogP contribution in [0.1, 0.15) is 5.56 Å². The number of benzene rings is 1. The summed E-state index contributed by atoms with van der Waals surface area (Å²) in [5.41, 5.74) is 0.850. The molecule has 7 heteroatoms. The fourth-order valence-corrected chi connectivity index (χ4v) is 1.78. The molecule has 0 unspecified atom stereocenters. The summed E-state index contributed by atoms with van der Waals surface area (Å²) in [4.78, 5) is 4.04. The molecule has 0 saturated carbocycles. The van der Waals surface area contributed by atoms with E-state index >= 15 is 0 Å². The van der Waals surface area contributed by atoms with Crippen LogP contribution in [-0.2, 0) is 6.42 Å². The lowest BCUT2D eigenvalue weighted by atomic mass is 10.1. The largest absolute Gasteiger partial charge is 0.493 e. The number of ether oxygens (including phenoxy) is 2. The Bertz CT molecular complexity index is 508. The van der Waals surface area contributed by atoms with Crippen LogP contribution in [0.15, 0.2) is 35.8 Å². The van der Waals surface area contributed by atoms with Crippen LogP contribution < -0.4 is 20.1 Å². The van der Waals surface area contributed by atoms with Gasteiger partial charge in [0, 0.05) is 20.1 Å². The van der Waals surface area contributed by atoms with E-state index in [4.69, 9.17) is 4.74 Å². The third-order valence-corrected chi connectivity index (χ3v) is 2.79. The highest BCUT2D eigenvalue weighted by molar-refractivity contribution is 5.79. The maximum Gasteiger partial charge on any atom is 0.387 e. The molecule has 22 heavy (non-hydrogen) atoms. The minimum atomic E-state index is -2.88. The molecule has 0 spiro atoms. The molecule has 0 aromatic heterocycles. The van der Waals surface area contributed by atoms with Crippen LogP contribution in [0.5, 0.6) is 11.5 Å². The second-order valence-electron chi connectivity index (χ2n) is 4.28. The fraction of sp³-hybridized carbons (Fsp3) is 0.400. The van der Waals surface area contributed by atoms with Crippen molar-refractivity contribution in [2.75, 3.05) is 27.2 Å². The molecule has 0 amide bonds. The first-order chi connectivity index (χ1) is 10.6. The van der Waals surface area contributed by atoms with Crippen LogP contribution in [0.2, 0.25) is 0 Å². The summed E-state index contributed by atoms with van der Waals surface area (Å²) in [6.45, 7) is 1.93. The van der Waals surface area contributed by atoms with Gasteiger partial charge in [-0.1, -0.05) is 12.1 Å². The zero-order chi connectivity index (χ0) is 16.4. The van der Waals surface area contributed by atoms with Gasteiger partial charge in [-0.3, -0.25) is 4.99 Å². The summed E-state index contributed by atoms with van der Waals surface area (Å²) in [7, 11) is 3.07. The molecule has 0 atom stereocenters. The van der Waals surface area contributed by atoms with Crippen LogP contribution in [-0.4, -0.2) is 39.8 Å². The topological polar surface area (TPSA) is 54.9 Å². The van der Waals surface area contributed by atoms with Crippen molar-refractivity contribution in [3.8, 4) is 11.5 Å². The zero-order valence-corrected chi connectivity index (χ0v) is 12.7. The number of nitrogens with one attached hydrogen (secondary N) is 2. The van der Waals surface area contributed by atoms with Crippen LogP contribution in [0.3, 0.4) is 0 Å². The minimum Gasteiger partial charge on any atom is -0.493 e. The lowest BCUT2D eigenvalue weighted by molar-refractivity contribution is -0.0512. The minimum absolute atomic E-state index is 0.0316. The predicted octanol–water partition coefficient (Wildman–Crippen LogP) is 2.19. The van der Waals surface area contributed by atoms with Gasteiger partial charge in [-0.15, -0.1) is 6.58 Å². The van der Waals surface area contributed by atoms with Crippen molar-refractivity contribution in [2.45, 2.75) is 13.0 Å². The Morgan fingerprint density at radius 2 is 2.14 bits per heavy atom. The number of aliphatic imine (C=N–C) groups is 1. The van der Waals surface area contributed by atoms with Gasteiger partial charge in [0.25, 0.3) is 0 Å². The summed E-state index contributed by atoms with van der Waals surface area (Å²) in [5, 5.41) is 6.15. The maximum absolute atomic E-state index is 12.4. The highest BCUT2D eigenvalue weighted by Gasteiger charge is 2.11. The molecule has 0 saturated heterocycles. The van der Waals surface area contributed by atoms with Crippen molar-refractivity contribution in [1.82, 2.24) is 10.6 Å². The Kier molecular flexibility index (Phi) is 7.74. The molecule has 0 heterocycles. The number of guanidine groups is 1. The fourth-order valence-electron chi connectivity index (χ4n) is 1.78. The Hall–Kier alpha value is -2.31. The smallest absolute Gasteiger partial charge is 0.387 e. The van der Waals surface area contributed by atoms with Crippen molar-refractivity contribution in [3.05, 3.63) is 36.4 Å². The monoisotopic (exact) mass is 313 g/mol. The number of hydrogen-bond donors (Lipinski definition) is 2. The molecule has 0 fully saturated rings. The normalized spacial score (nSPS) is 11.2. The number of alkyl halides is 2. The molecule has 1 rings (SSSR count). The lowest BCUT2D eigenvalue weighted by Crippen LogP contribution is -2.38. The molecule has 0 aliphatic carbocycles. The second-order valence-corrected chi connectivity index (χ2v) is 4.28. The van der Waals surface area contributed by atoms with Crippen molar-refractivity contribution in [3.63, 3.8) is 0 Å². The maximum atomic E-state index is 12.4. The Balaban J connectivity index is 2.60. The van der Waals surface area contributed by atoms with E-state index in [1.165, 1.54) is 7.11 Å². The van der Waals surface area contributed by atoms with Crippen molar-refractivity contribution < 1.29 is 18.3 Å². The van der Waals surface area contributed by atoms with Crippen LogP contribution >= 0.6 is 0 Å². The van der Waals surface area contributed by atoms with E-state index in [1.54, 1.807) is 31.3 Å². The molecule has 0 radical (unpaired) electrons. The predicted molar refractivity (Wildman–Crippen MR) is 82.9 cm³/mol. The Morgan fingerprint density at radius 3 is 2.73 bits per heavy atom. The molecule has 1 aromatic rings. The first-order valence-electron chi connectivity index (χ1n) is 6.77. The summed E-state index contributed by atoms with van der Waals surface area (Å²) < 4.78 is 34.2. The summed E-state index contributed by atoms with van der Waals surface area (Å²) in [5.74, 6) is 0.960. The molecular formula is C15H21F2N3O2. The molecular weight excluding hydrogens is 292 g/mol. The molecule has 2 N–H and O–H groups in total. The molecule has 122 valence electrons. The van der Waals surface area contributed by atoms with E-state index in [0.717, 1.165) is 5.56 Å². The van der Waals surface area contributed by atoms with E-state index in [9.17, 15) is 8.78 Å². The third kappa shape index (κ3) is 5.99. The lowest BCUT2D eigenvalue weighted by Gasteiger charge is -2.13. The first kappa shape index (κ1) is 17.7. The van der Waals surface area contributed by atoms with Crippen LogP contribution in [0, 0.1) is 0 Å². The van der Waals surface area contributed by atoms with Gasteiger partial charge in [-0.2, -0.15) is 8.78 Å². The van der Waals surface area contributed by atoms with Gasteiger partial charge in [0.1, 0.15) is 0 Å². The van der Waals surface area contributed by atoms with Crippen LogP contribution in [0.25, 0.3) is 0 Å². The SMILES string of the molecule is C=CCNC(=NC)NCCc1ccc(OC)c(OC(F)F)c1. The van der Waals surface area contributed by atoms with E-state index < -0.39 is 6.61 Å². The highest BCUT2D eigenvalue weighted by Crippen LogP contribution is 2.29. The standard InChI is InChI=1S/C15H21F2N3O2/c1-4-8-19-15(18-2)20-9-7-11-5-6-12(21-3)13(10-11)22-14(16)17/h4-6,10,14H,1,7-9H2,2-3H3,(H2,18,19,20). The number of rotatable bonds is 8. The van der Waals surface area contributed by atoms with Crippen molar-refractivity contribution >= 4 is 5.96 Å². The number of methoxy groups -OCH3 is 1. The Labute approximate surface area is 129 Å². The first-order valence-corrected chi connectivity index (χ1v) is 6.77. The van der Waals surface area contributed by atoms with Crippen molar-refractivity contribution in [2.24, 2.45) is 4.99 Å². The number of hydrogen-bond acceptors (Lipinski definition) is 3. The van der Waals surface area contributed by atoms with Crippen LogP contribution in [0.4, 0.5) is 8.78 Å². The highest BCUT2D eigenvalue weighted by atomic mass is 19.3. The average molecular weight is 313 g/mol. The van der Waals surface area contributed by atoms with E-state index in [-0.39, 0.29) is 11.5 Å². The van der Waals surface area contributed by atoms with E-state index in [2.05, 4.69) is 26.9 Å². The average Bonchev–Trinajstić information content (AvgIpc) is 2.50. The number of nitrogens with zero attached hydrogens (tertiary/aromatic N) is 1. The van der Waals surface area contributed by atoms with Gasteiger partial charge in [0.05, 0.1) is 7.11 Å². The summed E-state index contributed by atoms with van der Waals surface area (Å²) in [6.07, 6.45) is 2.35. The summed E-state index contributed by atoms with van der Waals surface area (Å²) in [6, 6.07) is 4.96. The Morgan fingerprint density at radius 1 is 1.36 bits per heavy atom. The second kappa shape index (κ2) is 9.59. The van der Waals surface area contributed by atoms with Gasteiger partial charge in [-0.05, 0) is 24.1 Å². The number of halogens is 2. The van der Waals surface area contributed by atoms with Gasteiger partial charge < -0.3 is 20.1 Å². The van der Waals surface area contributed by atoms with Gasteiger partial charge in [-0.25, -0.2) is 0 Å². The van der Waals surface area contributed by atoms with E-state index in [1.807, 2.05) is 0 Å². The van der Waals surface area contributed by atoms with E-state index in [0.29, 0.717) is 25.5 Å². The third-order valence-electron chi connectivity index (χ3n) is 2.79. The van der Waals surface area contributed by atoms with Gasteiger partial charge >= 0.3 is 6.61 Å². The molecule has 1 aromatic carbocycles. The molecule has 5 nitrogen and oxygen atoms in total. The molecule has 0 aliphatic rings. The van der Waals surface area contributed by atoms with Gasteiger partial charge in [0.2, 0.25) is 0 Å². The summed E-state index contributed by atoms with van der Waals surface area (Å²) >= 11 is 0. The molecule has 0 aliphatic heterocycles. The zero-order valence-electron chi connectivity index (χ0n) is 12.7. The van der Waals surface area contributed by atoms with Gasteiger partial charge in [0.15, 0.2) is 17.5 Å². The quantitative estimate of drug-likeness (QED) is 0.439. The molecule has 0 bridgehead atoms. The van der Waals surface area contributed by atoms with Crippen molar-refractivity contribution in [1.29, 1.82) is 0 Å².